The molecular weight excluding hydrogens is 396 g/mol. The van der Waals surface area contributed by atoms with Crippen LogP contribution in [0.3, 0.4) is 0 Å². The Morgan fingerprint density at radius 1 is 1.16 bits per heavy atom. The van der Waals surface area contributed by atoms with Crippen LogP contribution >= 0.6 is 0 Å². The molecular formula is C23H32N4O4. The molecule has 1 aromatic rings. The fraction of sp³-hybridized carbons (Fsp3) is 0.609. The Labute approximate surface area is 183 Å². The highest BCUT2D eigenvalue weighted by Gasteiger charge is 2.54. The first-order chi connectivity index (χ1) is 15.0. The quantitative estimate of drug-likeness (QED) is 0.702. The number of rotatable bonds is 6. The largest absolute Gasteiger partial charge is 0.493 e. The van der Waals surface area contributed by atoms with E-state index in [4.69, 9.17) is 4.74 Å². The van der Waals surface area contributed by atoms with Crippen LogP contribution in [0.5, 0.6) is 5.75 Å². The van der Waals surface area contributed by atoms with E-state index in [1.807, 2.05) is 19.1 Å². The maximum atomic E-state index is 13.3. The molecule has 4 amide bonds. The standard InChI is InChI=1S/C23H32N4O4/c1-3-12-25-14-10-23(11-15-25)21(29)27(22(30)24-23)17-9-13-26(16-17)20(28)18-7-5-6-8-19(18)31-4-2/h5-8,17H,3-4,9-16H2,1-2H3,(H,24,30)/t17-/m1/s1. The van der Waals surface area contributed by atoms with Gasteiger partial charge in [0, 0.05) is 26.2 Å². The highest BCUT2D eigenvalue weighted by molar-refractivity contribution is 6.07. The van der Waals surface area contributed by atoms with E-state index >= 15 is 0 Å². The number of ether oxygens (including phenoxy) is 1. The maximum Gasteiger partial charge on any atom is 0.325 e. The van der Waals surface area contributed by atoms with Gasteiger partial charge in [-0.05, 0) is 51.3 Å². The smallest absolute Gasteiger partial charge is 0.325 e. The van der Waals surface area contributed by atoms with Gasteiger partial charge in [-0.2, -0.15) is 0 Å². The third kappa shape index (κ3) is 4.01. The minimum Gasteiger partial charge on any atom is -0.493 e. The molecule has 8 nitrogen and oxygen atoms in total. The normalized spacial score (nSPS) is 23.5. The topological polar surface area (TPSA) is 82.2 Å². The number of carbonyl (C=O) groups excluding carboxylic acids is 3. The zero-order valence-corrected chi connectivity index (χ0v) is 18.4. The number of nitrogens with zero attached hydrogens (tertiary/aromatic N) is 3. The zero-order valence-electron chi connectivity index (χ0n) is 18.4. The molecule has 3 aliphatic rings. The third-order valence-corrected chi connectivity index (χ3v) is 6.68. The second-order valence-electron chi connectivity index (χ2n) is 8.65. The van der Waals surface area contributed by atoms with Crippen molar-refractivity contribution in [2.75, 3.05) is 39.3 Å². The van der Waals surface area contributed by atoms with Crippen LogP contribution in [-0.2, 0) is 4.79 Å². The number of carbonyl (C=O) groups is 3. The number of piperidine rings is 1. The van der Waals surface area contributed by atoms with Gasteiger partial charge < -0.3 is 19.9 Å². The lowest BCUT2D eigenvalue weighted by Crippen LogP contribution is -2.55. The lowest BCUT2D eigenvalue weighted by Gasteiger charge is -2.37. The Morgan fingerprint density at radius 2 is 1.90 bits per heavy atom. The number of hydrogen-bond acceptors (Lipinski definition) is 5. The van der Waals surface area contributed by atoms with Crippen molar-refractivity contribution >= 4 is 17.8 Å². The average Bonchev–Trinajstić information content (AvgIpc) is 3.33. The van der Waals surface area contributed by atoms with Gasteiger partial charge in [-0.15, -0.1) is 0 Å². The van der Waals surface area contributed by atoms with Crippen LogP contribution in [0.2, 0.25) is 0 Å². The number of imide groups is 1. The third-order valence-electron chi connectivity index (χ3n) is 6.68. The second kappa shape index (κ2) is 8.86. The molecule has 0 aromatic heterocycles. The van der Waals surface area contributed by atoms with Crippen LogP contribution in [-0.4, -0.2) is 83.5 Å². The molecule has 4 rings (SSSR count). The molecule has 3 aliphatic heterocycles. The molecule has 0 saturated carbocycles. The van der Waals surface area contributed by atoms with Gasteiger partial charge in [0.25, 0.3) is 11.8 Å². The first-order valence-corrected chi connectivity index (χ1v) is 11.4. The van der Waals surface area contributed by atoms with Crippen molar-refractivity contribution in [1.82, 2.24) is 20.0 Å². The van der Waals surface area contributed by atoms with Crippen molar-refractivity contribution in [3.63, 3.8) is 0 Å². The van der Waals surface area contributed by atoms with Gasteiger partial charge in [0.05, 0.1) is 18.2 Å². The van der Waals surface area contributed by atoms with Crippen LogP contribution in [0.4, 0.5) is 4.79 Å². The number of hydrogen-bond donors (Lipinski definition) is 1. The van der Waals surface area contributed by atoms with E-state index in [2.05, 4.69) is 17.1 Å². The molecule has 31 heavy (non-hydrogen) atoms. The Kier molecular flexibility index (Phi) is 6.18. The van der Waals surface area contributed by atoms with E-state index in [0.717, 1.165) is 26.1 Å². The molecule has 168 valence electrons. The first-order valence-electron chi connectivity index (χ1n) is 11.4. The average molecular weight is 429 g/mol. The van der Waals surface area contributed by atoms with Gasteiger partial charge in [0.15, 0.2) is 0 Å². The molecule has 1 aromatic carbocycles. The Morgan fingerprint density at radius 3 is 2.61 bits per heavy atom. The van der Waals surface area contributed by atoms with Gasteiger partial charge in [-0.25, -0.2) is 4.79 Å². The van der Waals surface area contributed by atoms with E-state index in [9.17, 15) is 14.4 Å². The number of para-hydroxylation sites is 1. The molecule has 3 heterocycles. The molecule has 3 saturated heterocycles. The van der Waals surface area contributed by atoms with E-state index in [0.29, 0.717) is 50.3 Å². The number of likely N-dealkylation sites (tertiary alicyclic amines) is 2. The molecule has 1 spiro atoms. The predicted molar refractivity (Wildman–Crippen MR) is 116 cm³/mol. The summed E-state index contributed by atoms with van der Waals surface area (Å²) < 4.78 is 5.60. The van der Waals surface area contributed by atoms with Crippen molar-refractivity contribution in [1.29, 1.82) is 0 Å². The Balaban J connectivity index is 1.43. The Hall–Kier alpha value is -2.61. The molecule has 0 bridgehead atoms. The molecule has 0 unspecified atom stereocenters. The van der Waals surface area contributed by atoms with E-state index in [1.165, 1.54) is 4.90 Å². The van der Waals surface area contributed by atoms with E-state index < -0.39 is 5.54 Å². The minimum absolute atomic E-state index is 0.123. The summed E-state index contributed by atoms with van der Waals surface area (Å²) >= 11 is 0. The van der Waals surface area contributed by atoms with Gasteiger partial charge in [0.2, 0.25) is 0 Å². The fourth-order valence-corrected chi connectivity index (χ4v) is 5.02. The first kappa shape index (κ1) is 21.6. The molecule has 1 N–H and O–H groups in total. The molecule has 1 atom stereocenters. The number of amides is 4. The fourth-order valence-electron chi connectivity index (χ4n) is 5.02. The van der Waals surface area contributed by atoms with Crippen molar-refractivity contribution in [2.45, 2.75) is 51.1 Å². The van der Waals surface area contributed by atoms with Crippen LogP contribution in [0.25, 0.3) is 0 Å². The molecule has 3 fully saturated rings. The van der Waals surface area contributed by atoms with Gasteiger partial charge in [-0.1, -0.05) is 19.1 Å². The van der Waals surface area contributed by atoms with Crippen molar-refractivity contribution in [2.24, 2.45) is 0 Å². The zero-order chi connectivity index (χ0) is 22.0. The number of urea groups is 1. The van der Waals surface area contributed by atoms with Crippen LogP contribution in [0, 0.1) is 0 Å². The summed E-state index contributed by atoms with van der Waals surface area (Å²) in [6, 6.07) is 6.60. The predicted octanol–water partition coefficient (Wildman–Crippen LogP) is 2.10. The van der Waals surface area contributed by atoms with Gasteiger partial charge in [-0.3, -0.25) is 14.5 Å². The van der Waals surface area contributed by atoms with Gasteiger partial charge >= 0.3 is 6.03 Å². The summed E-state index contributed by atoms with van der Waals surface area (Å²) in [5.74, 6) is 0.315. The molecule has 8 heteroatoms. The molecule has 0 radical (unpaired) electrons. The van der Waals surface area contributed by atoms with Crippen molar-refractivity contribution < 1.29 is 19.1 Å². The summed E-state index contributed by atoms with van der Waals surface area (Å²) in [6.45, 7) is 8.03. The van der Waals surface area contributed by atoms with Crippen LogP contribution < -0.4 is 10.1 Å². The summed E-state index contributed by atoms with van der Waals surface area (Å²) in [6.07, 6.45) is 2.97. The summed E-state index contributed by atoms with van der Waals surface area (Å²) in [5, 5.41) is 3.00. The minimum atomic E-state index is -0.777. The van der Waals surface area contributed by atoms with Crippen LogP contribution in [0.15, 0.2) is 24.3 Å². The number of benzene rings is 1. The lowest BCUT2D eigenvalue weighted by molar-refractivity contribution is -0.134. The SMILES string of the molecule is CCCN1CCC2(CC1)NC(=O)N([C@@H]1CCN(C(=O)c3ccccc3OCC)C1)C2=O. The number of nitrogens with one attached hydrogen (secondary N) is 1. The Bertz CT molecular complexity index is 850. The van der Waals surface area contributed by atoms with Crippen molar-refractivity contribution in [3.8, 4) is 5.75 Å². The summed E-state index contributed by atoms with van der Waals surface area (Å²) in [7, 11) is 0. The van der Waals surface area contributed by atoms with E-state index in [1.54, 1.807) is 17.0 Å². The summed E-state index contributed by atoms with van der Waals surface area (Å²) in [5.41, 5.74) is -0.262. The maximum absolute atomic E-state index is 13.3. The van der Waals surface area contributed by atoms with Crippen LogP contribution in [0.1, 0.15) is 49.9 Å². The highest BCUT2D eigenvalue weighted by Crippen LogP contribution is 2.33. The highest BCUT2D eigenvalue weighted by atomic mass is 16.5. The second-order valence-corrected chi connectivity index (χ2v) is 8.65. The lowest BCUT2D eigenvalue weighted by atomic mass is 9.87. The van der Waals surface area contributed by atoms with E-state index in [-0.39, 0.29) is 23.9 Å². The summed E-state index contributed by atoms with van der Waals surface area (Å²) in [4.78, 5) is 44.7. The van der Waals surface area contributed by atoms with Gasteiger partial charge in [0.1, 0.15) is 11.3 Å². The molecule has 0 aliphatic carbocycles. The van der Waals surface area contributed by atoms with Crippen molar-refractivity contribution in [3.05, 3.63) is 29.8 Å². The monoisotopic (exact) mass is 428 g/mol.